The zero-order valence-corrected chi connectivity index (χ0v) is 19.4. The van der Waals surface area contributed by atoms with Crippen LogP contribution in [0.2, 0.25) is 5.02 Å². The highest BCUT2D eigenvalue weighted by atomic mass is 35.5. The second-order valence-electron chi connectivity index (χ2n) is 8.42. The van der Waals surface area contributed by atoms with Gasteiger partial charge in [-0.05, 0) is 32.4 Å². The van der Waals surface area contributed by atoms with Gasteiger partial charge < -0.3 is 20.1 Å². The molecule has 3 N–H and O–H groups in total. The molecule has 168 valence electrons. The van der Waals surface area contributed by atoms with Crippen molar-refractivity contribution in [3.8, 4) is 11.8 Å². The van der Waals surface area contributed by atoms with Crippen molar-refractivity contribution in [3.63, 3.8) is 0 Å². The van der Waals surface area contributed by atoms with Gasteiger partial charge in [0.15, 0.2) is 0 Å². The first kappa shape index (κ1) is 22.3. The molecule has 0 bridgehead atoms. The van der Waals surface area contributed by atoms with Gasteiger partial charge in [0.05, 0.1) is 35.7 Å². The Morgan fingerprint density at radius 3 is 2.72 bits per heavy atom. The molecular formula is C23H27ClN6O2. The van der Waals surface area contributed by atoms with Crippen LogP contribution >= 0.6 is 11.6 Å². The van der Waals surface area contributed by atoms with E-state index in [-0.39, 0.29) is 24.6 Å². The van der Waals surface area contributed by atoms with Gasteiger partial charge in [0.25, 0.3) is 0 Å². The normalized spacial score (nSPS) is 16.5. The van der Waals surface area contributed by atoms with Crippen LogP contribution < -0.4 is 10.5 Å². The molecule has 9 heteroatoms. The summed E-state index contributed by atoms with van der Waals surface area (Å²) >= 11 is 6.61. The fourth-order valence-electron chi connectivity index (χ4n) is 4.63. The lowest BCUT2D eigenvalue weighted by Gasteiger charge is -2.43. The quantitative estimate of drug-likeness (QED) is 0.587. The number of rotatable bonds is 6. The largest absolute Gasteiger partial charge is 0.496 e. The van der Waals surface area contributed by atoms with Crippen LogP contribution in [-0.4, -0.2) is 57.4 Å². The number of fused-ring (bicyclic) bond motifs is 1. The average Bonchev–Trinajstić information content (AvgIpc) is 3.09. The number of aromatic nitrogens is 3. The molecule has 32 heavy (non-hydrogen) atoms. The Morgan fingerprint density at radius 2 is 2.09 bits per heavy atom. The van der Waals surface area contributed by atoms with Crippen LogP contribution in [0.1, 0.15) is 48.1 Å². The van der Waals surface area contributed by atoms with Gasteiger partial charge in [-0.25, -0.2) is 9.97 Å². The lowest BCUT2D eigenvalue weighted by atomic mass is 9.84. The smallest absolute Gasteiger partial charge is 0.146 e. The van der Waals surface area contributed by atoms with Crippen LogP contribution in [0, 0.1) is 18.3 Å². The molecule has 1 aromatic carbocycles. The van der Waals surface area contributed by atoms with E-state index in [0.29, 0.717) is 22.2 Å². The van der Waals surface area contributed by atoms with E-state index in [4.69, 9.17) is 22.1 Å². The molecule has 2 aromatic heterocycles. The number of nitrogens with two attached hydrogens (primary N) is 1. The molecule has 0 radical (unpaired) electrons. The number of aryl methyl sites for hydroxylation is 1. The van der Waals surface area contributed by atoms with E-state index in [9.17, 15) is 10.4 Å². The monoisotopic (exact) mass is 454 g/mol. The van der Waals surface area contributed by atoms with Crippen molar-refractivity contribution in [3.05, 3.63) is 45.9 Å². The molecule has 0 aliphatic carbocycles. The van der Waals surface area contributed by atoms with Crippen molar-refractivity contribution in [2.75, 3.05) is 32.5 Å². The minimum absolute atomic E-state index is 0.0692. The van der Waals surface area contributed by atoms with Crippen LogP contribution in [0.5, 0.6) is 5.75 Å². The maximum Gasteiger partial charge on any atom is 0.146 e. The van der Waals surface area contributed by atoms with E-state index in [0.717, 1.165) is 40.8 Å². The Hall–Kier alpha value is -2.86. The van der Waals surface area contributed by atoms with Gasteiger partial charge in [-0.15, -0.1) is 0 Å². The van der Waals surface area contributed by atoms with Crippen LogP contribution in [0.4, 0.5) is 5.82 Å². The number of nitrogen functional groups attached to an aromatic ring is 1. The van der Waals surface area contributed by atoms with Gasteiger partial charge in [0.2, 0.25) is 0 Å². The number of hydrogen-bond donors (Lipinski definition) is 2. The second kappa shape index (κ2) is 8.58. The van der Waals surface area contributed by atoms with Gasteiger partial charge in [-0.1, -0.05) is 11.6 Å². The Bertz CT molecular complexity index is 1210. The number of aliphatic hydroxyl groups excluding tert-OH is 1. The molecule has 0 unspecified atom stereocenters. The minimum Gasteiger partial charge on any atom is -0.496 e. The number of methoxy groups -OCH3 is 1. The molecule has 0 spiro atoms. The molecule has 1 aliphatic heterocycles. The Balaban J connectivity index is 1.83. The molecule has 3 heterocycles. The van der Waals surface area contributed by atoms with E-state index >= 15 is 0 Å². The van der Waals surface area contributed by atoms with Gasteiger partial charge >= 0.3 is 0 Å². The molecule has 3 aromatic rings. The highest BCUT2D eigenvalue weighted by molar-refractivity contribution is 6.32. The molecule has 1 saturated heterocycles. The lowest BCUT2D eigenvalue weighted by Crippen LogP contribution is -2.51. The third kappa shape index (κ3) is 3.47. The van der Waals surface area contributed by atoms with Crippen molar-refractivity contribution < 1.29 is 9.84 Å². The summed E-state index contributed by atoms with van der Waals surface area (Å²) in [6, 6.07) is 3.98. The number of hydrogen-bond acceptors (Lipinski definition) is 7. The maximum atomic E-state index is 9.85. The van der Waals surface area contributed by atoms with Gasteiger partial charge in [-0.2, -0.15) is 5.26 Å². The highest BCUT2D eigenvalue weighted by Crippen LogP contribution is 2.44. The molecule has 4 rings (SSSR count). The van der Waals surface area contributed by atoms with Crippen molar-refractivity contribution in [2.24, 2.45) is 0 Å². The summed E-state index contributed by atoms with van der Waals surface area (Å²) in [4.78, 5) is 10.8. The number of nitriles is 1. The standard InChI is InChI=1S/C23H27ClN6O2/c1-12-7-30(23-19(12)22(26)27-11-28-23)14(3)16-5-18(24)17(6-25)20(21(16)32-4)15-8-29(9-15)13(2)10-31/h5,7,11,13-15,31H,8-10H2,1-4H3,(H2,26,27,28)/t13-,14-/m0/s1. The first-order valence-electron chi connectivity index (χ1n) is 10.5. The van der Waals surface area contributed by atoms with Crippen molar-refractivity contribution >= 4 is 28.5 Å². The van der Waals surface area contributed by atoms with Crippen LogP contribution in [0.15, 0.2) is 18.6 Å². The van der Waals surface area contributed by atoms with Crippen LogP contribution in [-0.2, 0) is 0 Å². The summed E-state index contributed by atoms with van der Waals surface area (Å²) in [6.45, 7) is 7.56. The number of aliphatic hydroxyl groups is 1. The van der Waals surface area contributed by atoms with Crippen molar-refractivity contribution in [1.82, 2.24) is 19.4 Å². The van der Waals surface area contributed by atoms with Gasteiger partial charge in [0, 0.05) is 42.4 Å². The van der Waals surface area contributed by atoms with Gasteiger partial charge in [0.1, 0.15) is 29.6 Å². The van der Waals surface area contributed by atoms with E-state index in [2.05, 4.69) is 20.9 Å². The summed E-state index contributed by atoms with van der Waals surface area (Å²) in [5.74, 6) is 1.21. The molecule has 2 atom stereocenters. The fraction of sp³-hybridized carbons (Fsp3) is 0.435. The third-order valence-corrected chi connectivity index (χ3v) is 6.81. The predicted octanol–water partition coefficient (Wildman–Crippen LogP) is 3.24. The Labute approximate surface area is 192 Å². The molecule has 0 saturated carbocycles. The van der Waals surface area contributed by atoms with E-state index in [1.54, 1.807) is 7.11 Å². The maximum absolute atomic E-state index is 9.85. The highest BCUT2D eigenvalue weighted by Gasteiger charge is 2.37. The van der Waals surface area contributed by atoms with Gasteiger partial charge in [-0.3, -0.25) is 4.90 Å². The summed E-state index contributed by atoms with van der Waals surface area (Å²) in [5, 5.41) is 20.5. The third-order valence-electron chi connectivity index (χ3n) is 6.51. The topological polar surface area (TPSA) is 113 Å². The first-order chi connectivity index (χ1) is 15.3. The Kier molecular flexibility index (Phi) is 5.99. The second-order valence-corrected chi connectivity index (χ2v) is 8.82. The van der Waals surface area contributed by atoms with Crippen LogP contribution in [0.3, 0.4) is 0 Å². The summed E-state index contributed by atoms with van der Waals surface area (Å²) in [7, 11) is 1.62. The summed E-state index contributed by atoms with van der Waals surface area (Å²) in [6.07, 6.45) is 3.46. The molecular weight excluding hydrogens is 428 g/mol. The SMILES string of the molecule is COc1c([C@H](C)n2cc(C)c3c(N)ncnc32)cc(Cl)c(C#N)c1C1CN([C@@H](C)CO)C1. The molecule has 1 aliphatic rings. The number of nitrogens with zero attached hydrogens (tertiary/aromatic N) is 5. The average molecular weight is 455 g/mol. The molecule has 8 nitrogen and oxygen atoms in total. The first-order valence-corrected chi connectivity index (χ1v) is 10.9. The number of halogens is 1. The number of ether oxygens (including phenoxy) is 1. The lowest BCUT2D eigenvalue weighted by molar-refractivity contribution is 0.0620. The summed E-state index contributed by atoms with van der Waals surface area (Å²) < 4.78 is 7.93. The molecule has 1 fully saturated rings. The predicted molar refractivity (Wildman–Crippen MR) is 124 cm³/mol. The van der Waals surface area contributed by atoms with E-state index in [1.165, 1.54) is 6.33 Å². The minimum atomic E-state index is -0.174. The Morgan fingerprint density at radius 1 is 1.38 bits per heavy atom. The van der Waals surface area contributed by atoms with E-state index in [1.807, 2.05) is 37.6 Å². The zero-order chi connectivity index (χ0) is 23.2. The summed E-state index contributed by atoms with van der Waals surface area (Å²) in [5.41, 5.74) is 9.96. The number of anilines is 1. The van der Waals surface area contributed by atoms with Crippen molar-refractivity contribution in [1.29, 1.82) is 5.26 Å². The van der Waals surface area contributed by atoms with E-state index < -0.39 is 0 Å². The fourth-order valence-corrected chi connectivity index (χ4v) is 4.89. The van der Waals surface area contributed by atoms with Crippen LogP contribution in [0.25, 0.3) is 11.0 Å². The van der Waals surface area contributed by atoms with Crippen molar-refractivity contribution in [2.45, 2.75) is 38.8 Å². The number of likely N-dealkylation sites (tertiary alicyclic amines) is 1. The zero-order valence-electron chi connectivity index (χ0n) is 18.6. The molecule has 0 amide bonds. The number of benzene rings is 1.